The Hall–Kier alpha value is -2.09. The van der Waals surface area contributed by atoms with Gasteiger partial charge in [-0.2, -0.15) is 0 Å². The molecule has 0 fully saturated rings. The van der Waals surface area contributed by atoms with Crippen molar-refractivity contribution in [2.75, 3.05) is 11.9 Å². The minimum absolute atomic E-state index is 0.0558. The molecule has 0 aliphatic heterocycles. The van der Waals surface area contributed by atoms with E-state index >= 15 is 0 Å². The normalized spacial score (nSPS) is 12.4. The Kier molecular flexibility index (Phi) is 7.86. The molecule has 8 heteroatoms. The van der Waals surface area contributed by atoms with Crippen LogP contribution in [0.3, 0.4) is 0 Å². The van der Waals surface area contributed by atoms with Crippen LogP contribution in [0.5, 0.6) is 5.75 Å². The standard InChI is InChI=1S/C20H25ClN2O4S/c1-4-7-14(3)23-28(25,26)17-10-11-19(27-5-2)18(13-17)22-20(24)15-8-6-9-16(21)12-15/h6,8-14,23H,4-5,7H2,1-3H3,(H,22,24)/t14-/m1/s1. The van der Waals surface area contributed by atoms with Crippen molar-refractivity contribution >= 4 is 33.2 Å². The molecular formula is C20H25ClN2O4S. The molecule has 0 heterocycles. The van der Waals surface area contributed by atoms with Crippen molar-refractivity contribution in [3.05, 3.63) is 53.1 Å². The molecule has 1 atom stereocenters. The molecule has 28 heavy (non-hydrogen) atoms. The number of rotatable bonds is 9. The maximum absolute atomic E-state index is 12.7. The van der Waals surface area contributed by atoms with Crippen molar-refractivity contribution in [2.45, 2.75) is 44.6 Å². The monoisotopic (exact) mass is 424 g/mol. The molecule has 0 aromatic heterocycles. The summed E-state index contributed by atoms with van der Waals surface area (Å²) in [6, 6.07) is 10.7. The summed E-state index contributed by atoms with van der Waals surface area (Å²) < 4.78 is 33.5. The van der Waals surface area contributed by atoms with Gasteiger partial charge in [-0.25, -0.2) is 13.1 Å². The Bertz CT molecular complexity index is 932. The van der Waals surface area contributed by atoms with Crippen LogP contribution in [0.1, 0.15) is 44.0 Å². The number of hydrogen-bond donors (Lipinski definition) is 2. The van der Waals surface area contributed by atoms with Gasteiger partial charge in [0.1, 0.15) is 5.75 Å². The SMILES string of the molecule is CCC[C@@H](C)NS(=O)(=O)c1ccc(OCC)c(NC(=O)c2cccc(Cl)c2)c1. The minimum atomic E-state index is -3.72. The van der Waals surface area contributed by atoms with Crippen molar-refractivity contribution in [3.8, 4) is 5.75 Å². The van der Waals surface area contributed by atoms with Crippen LogP contribution in [-0.2, 0) is 10.0 Å². The van der Waals surface area contributed by atoms with E-state index in [2.05, 4.69) is 10.0 Å². The van der Waals surface area contributed by atoms with Crippen LogP contribution in [0.25, 0.3) is 0 Å². The maximum atomic E-state index is 12.7. The highest BCUT2D eigenvalue weighted by atomic mass is 35.5. The van der Waals surface area contributed by atoms with Gasteiger partial charge in [0, 0.05) is 16.6 Å². The number of benzene rings is 2. The summed E-state index contributed by atoms with van der Waals surface area (Å²) in [6.45, 7) is 5.99. The van der Waals surface area contributed by atoms with Gasteiger partial charge in [0.2, 0.25) is 10.0 Å². The number of carbonyl (C=O) groups is 1. The van der Waals surface area contributed by atoms with Crippen LogP contribution in [0.15, 0.2) is 47.4 Å². The number of carbonyl (C=O) groups excluding carboxylic acids is 1. The second-order valence-corrected chi connectivity index (χ2v) is 8.52. The van der Waals surface area contributed by atoms with E-state index in [4.69, 9.17) is 16.3 Å². The lowest BCUT2D eigenvalue weighted by Crippen LogP contribution is -2.32. The Morgan fingerprint density at radius 3 is 2.57 bits per heavy atom. The smallest absolute Gasteiger partial charge is 0.255 e. The third kappa shape index (κ3) is 5.95. The van der Waals surface area contributed by atoms with Crippen LogP contribution < -0.4 is 14.8 Å². The highest BCUT2D eigenvalue weighted by molar-refractivity contribution is 7.89. The first-order valence-electron chi connectivity index (χ1n) is 9.13. The molecule has 0 unspecified atom stereocenters. The molecule has 152 valence electrons. The first-order valence-corrected chi connectivity index (χ1v) is 11.0. The fourth-order valence-corrected chi connectivity index (χ4v) is 4.20. The molecule has 2 aromatic rings. The third-order valence-electron chi connectivity index (χ3n) is 3.97. The zero-order valence-electron chi connectivity index (χ0n) is 16.2. The number of hydrogen-bond acceptors (Lipinski definition) is 4. The molecule has 0 aliphatic rings. The molecule has 2 rings (SSSR count). The van der Waals surface area contributed by atoms with Gasteiger partial charge >= 0.3 is 0 Å². The predicted octanol–water partition coefficient (Wildman–Crippen LogP) is 4.46. The number of ether oxygens (including phenoxy) is 1. The van der Waals surface area contributed by atoms with E-state index in [0.29, 0.717) is 22.9 Å². The van der Waals surface area contributed by atoms with Gasteiger partial charge in [-0.1, -0.05) is 31.0 Å². The van der Waals surface area contributed by atoms with Gasteiger partial charge in [0.25, 0.3) is 5.91 Å². The van der Waals surface area contributed by atoms with Crippen LogP contribution in [0.2, 0.25) is 5.02 Å². The molecule has 0 saturated carbocycles. The summed E-state index contributed by atoms with van der Waals surface area (Å²) in [4.78, 5) is 12.6. The Morgan fingerprint density at radius 1 is 1.18 bits per heavy atom. The highest BCUT2D eigenvalue weighted by Crippen LogP contribution is 2.29. The lowest BCUT2D eigenvalue weighted by Gasteiger charge is -2.16. The van der Waals surface area contributed by atoms with E-state index in [9.17, 15) is 13.2 Å². The fraction of sp³-hybridized carbons (Fsp3) is 0.350. The number of nitrogens with one attached hydrogen (secondary N) is 2. The van der Waals surface area contributed by atoms with E-state index in [1.54, 1.807) is 25.1 Å². The van der Waals surface area contributed by atoms with Gasteiger partial charge in [0.15, 0.2) is 0 Å². The van der Waals surface area contributed by atoms with E-state index in [-0.39, 0.29) is 16.6 Å². The Labute approximate surface area is 171 Å². The number of amides is 1. The first kappa shape index (κ1) is 22.2. The van der Waals surface area contributed by atoms with Gasteiger partial charge in [-0.05, 0) is 56.7 Å². The molecule has 0 spiro atoms. The number of halogens is 1. The summed E-state index contributed by atoms with van der Waals surface area (Å²) in [6.07, 6.45) is 1.60. The summed E-state index contributed by atoms with van der Waals surface area (Å²) >= 11 is 5.94. The largest absolute Gasteiger partial charge is 0.492 e. The average Bonchev–Trinajstić information content (AvgIpc) is 2.63. The van der Waals surface area contributed by atoms with Gasteiger partial charge in [-0.15, -0.1) is 0 Å². The summed E-state index contributed by atoms with van der Waals surface area (Å²) in [5, 5.41) is 3.15. The van der Waals surface area contributed by atoms with Crippen molar-refractivity contribution in [1.29, 1.82) is 0 Å². The van der Waals surface area contributed by atoms with Crippen molar-refractivity contribution in [1.82, 2.24) is 4.72 Å². The van der Waals surface area contributed by atoms with Crippen LogP contribution in [-0.4, -0.2) is 27.0 Å². The fourth-order valence-electron chi connectivity index (χ4n) is 2.70. The lowest BCUT2D eigenvalue weighted by molar-refractivity contribution is 0.102. The topological polar surface area (TPSA) is 84.5 Å². The molecular weight excluding hydrogens is 400 g/mol. The lowest BCUT2D eigenvalue weighted by atomic mass is 10.2. The van der Waals surface area contributed by atoms with Gasteiger partial charge < -0.3 is 10.1 Å². The zero-order chi connectivity index (χ0) is 20.7. The summed E-state index contributed by atoms with van der Waals surface area (Å²) in [5.41, 5.74) is 0.635. The van der Waals surface area contributed by atoms with Crippen molar-refractivity contribution in [2.24, 2.45) is 0 Å². The molecule has 2 aromatic carbocycles. The predicted molar refractivity (Wildman–Crippen MR) is 112 cm³/mol. The highest BCUT2D eigenvalue weighted by Gasteiger charge is 2.20. The summed E-state index contributed by atoms with van der Waals surface area (Å²) in [7, 11) is -3.72. The van der Waals surface area contributed by atoms with E-state index in [0.717, 1.165) is 12.8 Å². The van der Waals surface area contributed by atoms with Gasteiger partial charge in [-0.3, -0.25) is 4.79 Å². The van der Waals surface area contributed by atoms with Crippen LogP contribution >= 0.6 is 11.6 Å². The van der Waals surface area contributed by atoms with Crippen LogP contribution in [0, 0.1) is 0 Å². The van der Waals surface area contributed by atoms with Gasteiger partial charge in [0.05, 0.1) is 17.2 Å². The third-order valence-corrected chi connectivity index (χ3v) is 5.80. The molecule has 0 bridgehead atoms. The van der Waals surface area contributed by atoms with E-state index in [1.807, 2.05) is 13.8 Å². The molecule has 2 N–H and O–H groups in total. The number of anilines is 1. The molecule has 0 saturated heterocycles. The van der Waals surface area contributed by atoms with Crippen LogP contribution in [0.4, 0.5) is 5.69 Å². The zero-order valence-corrected chi connectivity index (χ0v) is 17.7. The average molecular weight is 425 g/mol. The minimum Gasteiger partial charge on any atom is -0.492 e. The molecule has 0 aliphatic carbocycles. The summed E-state index contributed by atoms with van der Waals surface area (Å²) in [5.74, 6) is -0.0243. The Morgan fingerprint density at radius 2 is 1.93 bits per heavy atom. The second kappa shape index (κ2) is 9.91. The molecule has 0 radical (unpaired) electrons. The first-order chi connectivity index (χ1) is 13.3. The van der Waals surface area contributed by atoms with Crippen molar-refractivity contribution in [3.63, 3.8) is 0 Å². The molecule has 6 nitrogen and oxygen atoms in total. The maximum Gasteiger partial charge on any atom is 0.255 e. The second-order valence-electron chi connectivity index (χ2n) is 6.37. The van der Waals surface area contributed by atoms with Crippen molar-refractivity contribution < 1.29 is 17.9 Å². The van der Waals surface area contributed by atoms with E-state index in [1.165, 1.54) is 24.3 Å². The number of sulfonamides is 1. The quantitative estimate of drug-likeness (QED) is 0.622. The van der Waals surface area contributed by atoms with E-state index < -0.39 is 15.9 Å². The molecule has 1 amide bonds. The Balaban J connectivity index is 2.33.